The summed E-state index contributed by atoms with van der Waals surface area (Å²) in [6.07, 6.45) is 0.965. The zero-order chi connectivity index (χ0) is 11.0. The topological polar surface area (TPSA) is 20.3 Å². The molecule has 0 aliphatic carbocycles. The van der Waals surface area contributed by atoms with Crippen molar-refractivity contribution in [3.8, 4) is 0 Å². The Hall–Kier alpha value is -0.830. The van der Waals surface area contributed by atoms with E-state index in [4.69, 9.17) is 0 Å². The highest BCUT2D eigenvalue weighted by atomic mass is 79.9. The van der Waals surface area contributed by atoms with Crippen LogP contribution in [-0.2, 0) is 6.42 Å². The van der Waals surface area contributed by atoms with Crippen LogP contribution in [0.25, 0.3) is 0 Å². The molecular formula is C12H14BrNO. The van der Waals surface area contributed by atoms with Gasteiger partial charge >= 0.3 is 0 Å². The molecule has 0 bridgehead atoms. The second-order valence-electron chi connectivity index (χ2n) is 4.14. The minimum absolute atomic E-state index is 0.160. The molecule has 2 rings (SSSR count). The van der Waals surface area contributed by atoms with Gasteiger partial charge in [-0.05, 0) is 38.0 Å². The maximum Gasteiger partial charge on any atom is 0.254 e. The number of hydrogen-bond acceptors (Lipinski definition) is 1. The minimum Gasteiger partial charge on any atom is -0.336 e. The molecule has 3 heteroatoms. The van der Waals surface area contributed by atoms with Crippen molar-refractivity contribution >= 4 is 21.8 Å². The summed E-state index contributed by atoms with van der Waals surface area (Å²) in [5.41, 5.74) is 2.02. The number of benzene rings is 1. The molecule has 1 aromatic carbocycles. The lowest BCUT2D eigenvalue weighted by molar-refractivity contribution is 0.0688. The highest BCUT2D eigenvalue weighted by Gasteiger charge is 2.25. The molecule has 0 atom stereocenters. The Kier molecular flexibility index (Phi) is 2.83. The summed E-state index contributed by atoms with van der Waals surface area (Å²) in [5.74, 6) is 0.160. The molecule has 0 saturated carbocycles. The van der Waals surface area contributed by atoms with Crippen LogP contribution >= 0.6 is 15.9 Å². The lowest BCUT2D eigenvalue weighted by Crippen LogP contribution is -2.42. The number of nitrogens with zero attached hydrogens (tertiary/aromatic N) is 1. The summed E-state index contributed by atoms with van der Waals surface area (Å²) in [4.78, 5) is 14.0. The molecule has 1 heterocycles. The Morgan fingerprint density at radius 3 is 2.80 bits per heavy atom. The Labute approximate surface area is 98.4 Å². The first-order valence-electron chi connectivity index (χ1n) is 5.19. The summed E-state index contributed by atoms with van der Waals surface area (Å²) in [6, 6.07) is 6.24. The van der Waals surface area contributed by atoms with E-state index in [1.54, 1.807) is 0 Å². The van der Waals surface area contributed by atoms with Crippen LogP contribution in [0.15, 0.2) is 22.7 Å². The molecule has 0 N–H and O–H groups in total. The zero-order valence-electron chi connectivity index (χ0n) is 8.96. The molecule has 0 aromatic heterocycles. The van der Waals surface area contributed by atoms with E-state index < -0.39 is 0 Å². The second kappa shape index (κ2) is 3.97. The van der Waals surface area contributed by atoms with Crippen molar-refractivity contribution in [1.29, 1.82) is 0 Å². The van der Waals surface area contributed by atoms with Gasteiger partial charge in [-0.3, -0.25) is 4.79 Å². The van der Waals surface area contributed by atoms with E-state index in [9.17, 15) is 4.79 Å². The zero-order valence-corrected chi connectivity index (χ0v) is 10.5. The predicted molar refractivity (Wildman–Crippen MR) is 64.0 cm³/mol. The normalized spacial score (nSPS) is 15.7. The third kappa shape index (κ3) is 1.93. The van der Waals surface area contributed by atoms with Gasteiger partial charge in [0.25, 0.3) is 5.91 Å². The summed E-state index contributed by atoms with van der Waals surface area (Å²) in [6.45, 7) is 4.95. The third-order valence-corrected chi connectivity index (χ3v) is 3.30. The van der Waals surface area contributed by atoms with Crippen LogP contribution in [0.1, 0.15) is 29.8 Å². The Balaban J connectivity index is 2.40. The smallest absolute Gasteiger partial charge is 0.254 e. The van der Waals surface area contributed by atoms with E-state index in [0.29, 0.717) is 0 Å². The van der Waals surface area contributed by atoms with Gasteiger partial charge in [0.05, 0.1) is 0 Å². The van der Waals surface area contributed by atoms with Crippen molar-refractivity contribution < 1.29 is 4.79 Å². The van der Waals surface area contributed by atoms with Crippen molar-refractivity contribution in [2.24, 2.45) is 0 Å². The molecule has 1 aliphatic rings. The SMILES string of the molecule is CC(C)N1CCc2ccc(Br)cc2C1=O. The van der Waals surface area contributed by atoms with Crippen molar-refractivity contribution in [2.75, 3.05) is 6.54 Å². The fourth-order valence-corrected chi connectivity index (χ4v) is 2.32. The summed E-state index contributed by atoms with van der Waals surface area (Å²) >= 11 is 3.40. The van der Waals surface area contributed by atoms with Crippen LogP contribution in [-0.4, -0.2) is 23.4 Å². The Morgan fingerprint density at radius 2 is 2.13 bits per heavy atom. The van der Waals surface area contributed by atoms with Gasteiger partial charge in [-0.25, -0.2) is 0 Å². The fraction of sp³-hybridized carbons (Fsp3) is 0.417. The van der Waals surface area contributed by atoms with Crippen LogP contribution in [0.4, 0.5) is 0 Å². The Bertz CT molecular complexity index is 401. The second-order valence-corrected chi connectivity index (χ2v) is 5.06. The lowest BCUT2D eigenvalue weighted by Gasteiger charge is -2.31. The first-order valence-corrected chi connectivity index (χ1v) is 5.98. The van der Waals surface area contributed by atoms with Crippen molar-refractivity contribution in [3.63, 3.8) is 0 Å². The minimum atomic E-state index is 0.160. The monoisotopic (exact) mass is 267 g/mol. The highest BCUT2D eigenvalue weighted by Crippen LogP contribution is 2.23. The van der Waals surface area contributed by atoms with Gasteiger partial charge in [0.2, 0.25) is 0 Å². The summed E-state index contributed by atoms with van der Waals surface area (Å²) in [7, 11) is 0. The van der Waals surface area contributed by atoms with E-state index in [0.717, 1.165) is 23.0 Å². The van der Waals surface area contributed by atoms with Crippen LogP contribution in [0.3, 0.4) is 0 Å². The average molecular weight is 268 g/mol. The number of hydrogen-bond donors (Lipinski definition) is 0. The van der Waals surface area contributed by atoms with E-state index >= 15 is 0 Å². The Morgan fingerprint density at radius 1 is 1.40 bits per heavy atom. The third-order valence-electron chi connectivity index (χ3n) is 2.81. The maximum atomic E-state index is 12.1. The van der Waals surface area contributed by atoms with Crippen molar-refractivity contribution in [2.45, 2.75) is 26.3 Å². The number of carbonyl (C=O) groups excluding carboxylic acids is 1. The molecule has 15 heavy (non-hydrogen) atoms. The van der Waals surface area contributed by atoms with E-state index in [2.05, 4.69) is 29.8 Å². The van der Waals surface area contributed by atoms with Crippen LogP contribution < -0.4 is 0 Å². The van der Waals surface area contributed by atoms with Crippen LogP contribution in [0, 0.1) is 0 Å². The molecule has 1 aromatic rings. The number of halogens is 1. The predicted octanol–water partition coefficient (Wildman–Crippen LogP) is 2.86. The van der Waals surface area contributed by atoms with Gasteiger partial charge in [0.15, 0.2) is 0 Å². The van der Waals surface area contributed by atoms with Gasteiger partial charge in [0.1, 0.15) is 0 Å². The molecule has 80 valence electrons. The molecule has 0 radical (unpaired) electrons. The molecule has 0 saturated heterocycles. The molecule has 2 nitrogen and oxygen atoms in total. The fourth-order valence-electron chi connectivity index (χ4n) is 1.96. The van der Waals surface area contributed by atoms with Crippen molar-refractivity contribution in [3.05, 3.63) is 33.8 Å². The summed E-state index contributed by atoms with van der Waals surface area (Å²) < 4.78 is 0.972. The number of fused-ring (bicyclic) bond motifs is 1. The number of carbonyl (C=O) groups is 1. The first kappa shape index (κ1) is 10.7. The van der Waals surface area contributed by atoms with Gasteiger partial charge < -0.3 is 4.90 Å². The molecular weight excluding hydrogens is 254 g/mol. The number of amides is 1. The maximum absolute atomic E-state index is 12.1. The van der Waals surface area contributed by atoms with E-state index in [1.807, 2.05) is 23.1 Å². The lowest BCUT2D eigenvalue weighted by atomic mass is 9.98. The standard InChI is InChI=1S/C12H14BrNO/c1-8(2)14-6-5-9-3-4-10(13)7-11(9)12(14)15/h3-4,7-8H,5-6H2,1-2H3. The van der Waals surface area contributed by atoms with E-state index in [1.165, 1.54) is 5.56 Å². The van der Waals surface area contributed by atoms with Crippen molar-refractivity contribution in [1.82, 2.24) is 4.90 Å². The van der Waals surface area contributed by atoms with Gasteiger partial charge in [-0.1, -0.05) is 22.0 Å². The number of rotatable bonds is 1. The highest BCUT2D eigenvalue weighted by molar-refractivity contribution is 9.10. The van der Waals surface area contributed by atoms with E-state index in [-0.39, 0.29) is 11.9 Å². The van der Waals surface area contributed by atoms with Gasteiger partial charge in [0, 0.05) is 22.6 Å². The largest absolute Gasteiger partial charge is 0.336 e. The average Bonchev–Trinajstić information content (AvgIpc) is 2.19. The first-order chi connectivity index (χ1) is 7.09. The summed E-state index contributed by atoms with van der Waals surface area (Å²) in [5, 5.41) is 0. The van der Waals surface area contributed by atoms with Gasteiger partial charge in [-0.2, -0.15) is 0 Å². The van der Waals surface area contributed by atoms with Gasteiger partial charge in [-0.15, -0.1) is 0 Å². The van der Waals surface area contributed by atoms with Crippen LogP contribution in [0.2, 0.25) is 0 Å². The molecule has 1 amide bonds. The van der Waals surface area contributed by atoms with Crippen LogP contribution in [0.5, 0.6) is 0 Å². The molecule has 0 unspecified atom stereocenters. The molecule has 1 aliphatic heterocycles. The molecule has 0 spiro atoms. The quantitative estimate of drug-likeness (QED) is 0.767. The molecule has 0 fully saturated rings.